The Morgan fingerprint density at radius 2 is 2.11 bits per heavy atom. The highest BCUT2D eigenvalue weighted by Gasteiger charge is 2.21. The summed E-state index contributed by atoms with van der Waals surface area (Å²) in [6.45, 7) is 9.12. The van der Waals surface area contributed by atoms with Gasteiger partial charge in [0.15, 0.2) is 0 Å². The predicted octanol–water partition coefficient (Wildman–Crippen LogP) is 3.11. The minimum absolute atomic E-state index is 0.0157. The van der Waals surface area contributed by atoms with Gasteiger partial charge in [0.2, 0.25) is 0 Å². The van der Waals surface area contributed by atoms with Crippen LogP contribution < -0.4 is 5.56 Å². The van der Waals surface area contributed by atoms with Crippen LogP contribution >= 0.6 is 11.3 Å². The molecule has 7 heteroatoms. The summed E-state index contributed by atoms with van der Waals surface area (Å²) in [5.41, 5.74) is 1.20. The molecule has 1 atom stereocenters. The fourth-order valence-corrected chi connectivity index (χ4v) is 5.06. The van der Waals surface area contributed by atoms with Crippen LogP contribution in [-0.2, 0) is 24.1 Å². The van der Waals surface area contributed by atoms with E-state index in [0.29, 0.717) is 38.0 Å². The van der Waals surface area contributed by atoms with Gasteiger partial charge >= 0.3 is 0 Å². The molecule has 0 aliphatic heterocycles. The molecule has 1 aliphatic rings. The van der Waals surface area contributed by atoms with Gasteiger partial charge in [-0.2, -0.15) is 0 Å². The fourth-order valence-electron chi connectivity index (χ4n) is 3.78. The lowest BCUT2D eigenvalue weighted by atomic mass is 9.97. The quantitative estimate of drug-likeness (QED) is 0.633. The third-order valence-corrected chi connectivity index (χ3v) is 6.44. The Morgan fingerprint density at radius 3 is 2.86 bits per heavy atom. The predicted molar refractivity (Wildman–Crippen MR) is 114 cm³/mol. The Balaban J connectivity index is 1.78. The molecule has 0 spiro atoms. The zero-order valence-electron chi connectivity index (χ0n) is 17.3. The Morgan fingerprint density at radius 1 is 1.32 bits per heavy atom. The van der Waals surface area contributed by atoms with E-state index in [1.165, 1.54) is 16.9 Å². The van der Waals surface area contributed by atoms with E-state index in [1.807, 2.05) is 6.92 Å². The molecule has 6 nitrogen and oxygen atoms in total. The summed E-state index contributed by atoms with van der Waals surface area (Å²) < 4.78 is 5.35. The van der Waals surface area contributed by atoms with E-state index in [9.17, 15) is 9.90 Å². The summed E-state index contributed by atoms with van der Waals surface area (Å²) in [7, 11) is 0. The van der Waals surface area contributed by atoms with Gasteiger partial charge < -0.3 is 14.8 Å². The average molecular weight is 408 g/mol. The molecule has 2 N–H and O–H groups in total. The molecule has 0 fully saturated rings. The van der Waals surface area contributed by atoms with Crippen molar-refractivity contribution in [2.45, 2.75) is 65.5 Å². The maximum atomic E-state index is 12.8. The van der Waals surface area contributed by atoms with Gasteiger partial charge in [-0.3, -0.25) is 9.69 Å². The van der Waals surface area contributed by atoms with Crippen molar-refractivity contribution in [1.82, 2.24) is 14.9 Å². The monoisotopic (exact) mass is 407 g/mol. The Hall–Kier alpha value is -1.28. The average Bonchev–Trinajstić information content (AvgIpc) is 3.03. The van der Waals surface area contributed by atoms with E-state index >= 15 is 0 Å². The molecule has 156 valence electrons. The van der Waals surface area contributed by atoms with Crippen molar-refractivity contribution in [3.63, 3.8) is 0 Å². The smallest absolute Gasteiger partial charge is 0.259 e. The van der Waals surface area contributed by atoms with E-state index in [1.54, 1.807) is 11.3 Å². The normalized spacial score (nSPS) is 15.5. The molecular formula is C21H33N3O3S. The van der Waals surface area contributed by atoms with Crippen LogP contribution in [0.15, 0.2) is 4.79 Å². The maximum Gasteiger partial charge on any atom is 0.259 e. The summed E-state index contributed by atoms with van der Waals surface area (Å²) in [4.78, 5) is 24.9. The molecule has 0 saturated heterocycles. The largest absolute Gasteiger partial charge is 0.389 e. The Labute approximate surface area is 170 Å². The molecule has 0 unspecified atom stereocenters. The van der Waals surface area contributed by atoms with Crippen LogP contribution in [0.5, 0.6) is 0 Å². The SMILES string of the molecule is CCOC[C@@H](O)CN(CCC(C)C)Cc1nc2sc3c(c2c(=O)[nH]1)CCCC3. The number of H-pyrrole nitrogens is 1. The second kappa shape index (κ2) is 9.96. The third-order valence-electron chi connectivity index (χ3n) is 5.25. The van der Waals surface area contributed by atoms with E-state index in [-0.39, 0.29) is 5.56 Å². The number of ether oxygens (including phenoxy) is 1. The van der Waals surface area contributed by atoms with Gasteiger partial charge in [0.25, 0.3) is 5.56 Å². The Bertz CT molecular complexity index is 830. The highest BCUT2D eigenvalue weighted by atomic mass is 32.1. The molecule has 0 saturated carbocycles. The lowest BCUT2D eigenvalue weighted by Gasteiger charge is -2.25. The number of nitrogens with one attached hydrogen (secondary N) is 1. The summed E-state index contributed by atoms with van der Waals surface area (Å²) in [6.07, 6.45) is 4.89. The number of thiophene rings is 1. The highest BCUT2D eigenvalue weighted by Crippen LogP contribution is 2.33. The molecule has 0 amide bonds. The number of aromatic amines is 1. The van der Waals surface area contributed by atoms with Crippen LogP contribution in [0, 0.1) is 5.92 Å². The first-order valence-electron chi connectivity index (χ1n) is 10.5. The lowest BCUT2D eigenvalue weighted by molar-refractivity contribution is 0.0183. The first kappa shape index (κ1) is 21.4. The minimum atomic E-state index is -0.545. The van der Waals surface area contributed by atoms with Crippen LogP contribution in [-0.4, -0.2) is 52.4 Å². The number of aliphatic hydroxyl groups is 1. The molecular weight excluding hydrogens is 374 g/mol. The van der Waals surface area contributed by atoms with E-state index in [2.05, 4.69) is 23.7 Å². The van der Waals surface area contributed by atoms with Crippen molar-refractivity contribution in [2.24, 2.45) is 5.92 Å². The van der Waals surface area contributed by atoms with Gasteiger partial charge in [-0.1, -0.05) is 13.8 Å². The van der Waals surface area contributed by atoms with Crippen molar-refractivity contribution < 1.29 is 9.84 Å². The number of aryl methyl sites for hydroxylation is 2. The van der Waals surface area contributed by atoms with Gasteiger partial charge in [0.1, 0.15) is 10.7 Å². The number of hydrogen-bond acceptors (Lipinski definition) is 6. The molecule has 3 rings (SSSR count). The zero-order valence-corrected chi connectivity index (χ0v) is 18.1. The highest BCUT2D eigenvalue weighted by molar-refractivity contribution is 7.18. The third kappa shape index (κ3) is 5.41. The molecule has 0 bridgehead atoms. The van der Waals surface area contributed by atoms with Gasteiger partial charge in [-0.05, 0) is 57.1 Å². The minimum Gasteiger partial charge on any atom is -0.389 e. The number of fused-ring (bicyclic) bond motifs is 3. The number of aromatic nitrogens is 2. The molecule has 0 aromatic carbocycles. The van der Waals surface area contributed by atoms with Crippen molar-refractivity contribution in [1.29, 1.82) is 0 Å². The van der Waals surface area contributed by atoms with Crippen LogP contribution in [0.4, 0.5) is 0 Å². The first-order chi connectivity index (χ1) is 13.5. The van der Waals surface area contributed by atoms with Crippen molar-refractivity contribution in [2.75, 3.05) is 26.3 Å². The number of aliphatic hydroxyl groups excluding tert-OH is 1. The zero-order chi connectivity index (χ0) is 20.1. The van der Waals surface area contributed by atoms with Crippen LogP contribution in [0.1, 0.15) is 56.3 Å². The number of rotatable bonds is 10. The molecule has 2 aromatic rings. The van der Waals surface area contributed by atoms with Crippen LogP contribution in [0.2, 0.25) is 0 Å². The van der Waals surface area contributed by atoms with Gasteiger partial charge in [-0.15, -0.1) is 11.3 Å². The first-order valence-corrected chi connectivity index (χ1v) is 11.3. The van der Waals surface area contributed by atoms with E-state index in [0.717, 1.165) is 42.4 Å². The molecule has 2 heterocycles. The van der Waals surface area contributed by atoms with Gasteiger partial charge in [0.05, 0.1) is 24.6 Å². The standard InChI is InChI=1S/C21H33N3O3S/c1-4-27-13-15(25)11-24(10-9-14(2)3)12-18-22-20(26)19-16-7-5-6-8-17(16)28-21(19)23-18/h14-15,25H,4-13H2,1-3H3,(H,22,23,26)/t15-/m0/s1. The van der Waals surface area contributed by atoms with Gasteiger partial charge in [-0.25, -0.2) is 4.98 Å². The molecule has 28 heavy (non-hydrogen) atoms. The summed E-state index contributed by atoms with van der Waals surface area (Å²) >= 11 is 1.68. The number of nitrogens with zero attached hydrogens (tertiary/aromatic N) is 2. The Kier molecular flexibility index (Phi) is 7.62. The van der Waals surface area contributed by atoms with Crippen LogP contribution in [0.25, 0.3) is 10.2 Å². The summed E-state index contributed by atoms with van der Waals surface area (Å²) in [6, 6.07) is 0. The fraction of sp³-hybridized carbons (Fsp3) is 0.714. The van der Waals surface area contributed by atoms with Crippen molar-refractivity contribution in [3.05, 3.63) is 26.6 Å². The van der Waals surface area contributed by atoms with Crippen LogP contribution in [0.3, 0.4) is 0 Å². The maximum absolute atomic E-state index is 12.8. The van der Waals surface area contributed by atoms with Crippen molar-refractivity contribution in [3.8, 4) is 0 Å². The summed E-state index contributed by atoms with van der Waals surface area (Å²) in [5, 5.41) is 11.1. The lowest BCUT2D eigenvalue weighted by Crippen LogP contribution is -2.36. The van der Waals surface area contributed by atoms with Gasteiger partial charge in [0, 0.05) is 18.0 Å². The second-order valence-electron chi connectivity index (χ2n) is 8.13. The van der Waals surface area contributed by atoms with Crippen molar-refractivity contribution >= 4 is 21.6 Å². The number of hydrogen-bond donors (Lipinski definition) is 2. The van der Waals surface area contributed by atoms with E-state index < -0.39 is 6.10 Å². The molecule has 2 aromatic heterocycles. The second-order valence-corrected chi connectivity index (χ2v) is 9.22. The molecule has 0 radical (unpaired) electrons. The van der Waals surface area contributed by atoms with E-state index in [4.69, 9.17) is 9.72 Å². The molecule has 1 aliphatic carbocycles. The topological polar surface area (TPSA) is 78.5 Å². The summed E-state index contributed by atoms with van der Waals surface area (Å²) in [5.74, 6) is 1.26.